The molecular weight excluding hydrogens is 252 g/mol. The van der Waals surface area contributed by atoms with Gasteiger partial charge in [-0.2, -0.15) is 0 Å². The van der Waals surface area contributed by atoms with Crippen LogP contribution in [0.15, 0.2) is 24.5 Å². The van der Waals surface area contributed by atoms with Gasteiger partial charge in [-0.15, -0.1) is 0 Å². The maximum Gasteiger partial charge on any atom is 0.185 e. The van der Waals surface area contributed by atoms with E-state index >= 15 is 0 Å². The van der Waals surface area contributed by atoms with Crippen LogP contribution in [0.1, 0.15) is 18.6 Å². The number of aliphatic hydroxyl groups excluding tert-OH is 2. The number of rotatable bonds is 4. The van der Waals surface area contributed by atoms with Crippen molar-refractivity contribution in [2.45, 2.75) is 19.1 Å². The number of fused-ring (bicyclic) bond motifs is 1. The van der Waals surface area contributed by atoms with Crippen LogP contribution in [0.25, 0.3) is 11.0 Å². The number of pyridine rings is 1. The van der Waals surface area contributed by atoms with Gasteiger partial charge in [0.1, 0.15) is 11.8 Å². The van der Waals surface area contributed by atoms with E-state index in [1.165, 1.54) is 13.1 Å². The lowest BCUT2D eigenvalue weighted by Gasteiger charge is -2.16. The molecule has 0 saturated heterocycles. The zero-order chi connectivity index (χ0) is 13.1. The third-order valence-electron chi connectivity index (χ3n) is 2.58. The number of hydrogen-bond acceptors (Lipinski definition) is 5. The Bertz CT molecular complexity index is 555. The van der Waals surface area contributed by atoms with Gasteiger partial charge in [0.2, 0.25) is 0 Å². The van der Waals surface area contributed by atoms with Gasteiger partial charge in [-0.3, -0.25) is 4.79 Å². The monoisotopic (exact) mass is 266 g/mol. The maximum atomic E-state index is 10.8. The normalized spacial score (nSPS) is 14.6. The van der Waals surface area contributed by atoms with Crippen LogP contribution in [-0.4, -0.2) is 37.2 Å². The first-order valence-corrected chi connectivity index (χ1v) is 6.49. The van der Waals surface area contributed by atoms with Gasteiger partial charge in [-0.1, -0.05) is 11.8 Å². The Labute approximate surface area is 108 Å². The number of carbonyl (C=O) groups is 1. The Hall–Kier alpha value is -1.37. The van der Waals surface area contributed by atoms with Crippen LogP contribution >= 0.6 is 11.8 Å². The quantitative estimate of drug-likeness (QED) is 0.775. The standard InChI is InChI=1S/C12H14N2O3S/c1-7(15)18-6-10(16)11(17)9-4-8-2-3-13-12(8)14-5-9/h2-5,10-11,16-17H,6H2,1H3,(H,13,14). The van der Waals surface area contributed by atoms with E-state index < -0.39 is 12.2 Å². The minimum atomic E-state index is -1.04. The third-order valence-corrected chi connectivity index (χ3v) is 3.50. The Morgan fingerprint density at radius 3 is 3.06 bits per heavy atom. The van der Waals surface area contributed by atoms with Gasteiger partial charge in [0.25, 0.3) is 0 Å². The van der Waals surface area contributed by atoms with E-state index in [2.05, 4.69) is 9.97 Å². The van der Waals surface area contributed by atoms with Crippen molar-refractivity contribution in [3.63, 3.8) is 0 Å². The van der Waals surface area contributed by atoms with E-state index in [0.29, 0.717) is 5.56 Å². The van der Waals surface area contributed by atoms with Gasteiger partial charge in [0.05, 0.1) is 6.10 Å². The van der Waals surface area contributed by atoms with Crippen LogP contribution in [0, 0.1) is 0 Å². The molecule has 0 aliphatic carbocycles. The number of aliphatic hydroxyl groups is 2. The summed E-state index contributed by atoms with van der Waals surface area (Å²) in [5.41, 5.74) is 1.28. The summed E-state index contributed by atoms with van der Waals surface area (Å²) < 4.78 is 0. The molecule has 18 heavy (non-hydrogen) atoms. The third kappa shape index (κ3) is 2.90. The average Bonchev–Trinajstić information content (AvgIpc) is 2.81. The molecule has 0 aliphatic heterocycles. The lowest BCUT2D eigenvalue weighted by atomic mass is 10.1. The molecule has 3 N–H and O–H groups in total. The second kappa shape index (κ2) is 5.51. The highest BCUT2D eigenvalue weighted by molar-refractivity contribution is 8.13. The van der Waals surface area contributed by atoms with Gasteiger partial charge in [-0.05, 0) is 12.1 Å². The summed E-state index contributed by atoms with van der Waals surface area (Å²) in [6.45, 7) is 1.43. The second-order valence-corrected chi connectivity index (χ2v) is 5.20. The van der Waals surface area contributed by atoms with Crippen LogP contribution in [-0.2, 0) is 4.79 Å². The van der Waals surface area contributed by atoms with E-state index in [1.54, 1.807) is 12.3 Å². The molecule has 0 aliphatic rings. The fourth-order valence-electron chi connectivity index (χ4n) is 1.63. The fraction of sp³-hybridized carbons (Fsp3) is 0.333. The molecule has 2 atom stereocenters. The van der Waals surface area contributed by atoms with Crippen LogP contribution in [0.2, 0.25) is 0 Å². The minimum absolute atomic E-state index is 0.0829. The molecule has 0 radical (unpaired) electrons. The Kier molecular flexibility index (Phi) is 4.00. The number of nitrogens with zero attached hydrogens (tertiary/aromatic N) is 1. The van der Waals surface area contributed by atoms with Crippen molar-refractivity contribution in [3.8, 4) is 0 Å². The van der Waals surface area contributed by atoms with E-state index in [9.17, 15) is 15.0 Å². The number of hydrogen-bond donors (Lipinski definition) is 3. The summed E-state index contributed by atoms with van der Waals surface area (Å²) in [4.78, 5) is 17.9. The molecule has 0 fully saturated rings. The first kappa shape index (κ1) is 13.1. The molecule has 2 rings (SSSR count). The van der Waals surface area contributed by atoms with Crippen molar-refractivity contribution in [1.29, 1.82) is 0 Å². The number of H-pyrrole nitrogens is 1. The lowest BCUT2D eigenvalue weighted by molar-refractivity contribution is -0.109. The topological polar surface area (TPSA) is 86.2 Å². The van der Waals surface area contributed by atoms with Gasteiger partial charge >= 0.3 is 0 Å². The van der Waals surface area contributed by atoms with Crippen molar-refractivity contribution in [3.05, 3.63) is 30.1 Å². The van der Waals surface area contributed by atoms with Crippen molar-refractivity contribution in [1.82, 2.24) is 9.97 Å². The molecule has 0 saturated carbocycles. The predicted octanol–water partition coefficient (Wildman–Crippen LogP) is 1.24. The molecule has 2 aromatic rings. The van der Waals surface area contributed by atoms with E-state index in [1.807, 2.05) is 6.07 Å². The van der Waals surface area contributed by atoms with Crippen LogP contribution in [0.4, 0.5) is 0 Å². The Morgan fingerprint density at radius 1 is 1.56 bits per heavy atom. The van der Waals surface area contributed by atoms with Crippen molar-refractivity contribution in [2.75, 3.05) is 5.75 Å². The van der Waals surface area contributed by atoms with Crippen molar-refractivity contribution < 1.29 is 15.0 Å². The number of nitrogens with one attached hydrogen (secondary N) is 1. The molecule has 2 unspecified atom stereocenters. The van der Waals surface area contributed by atoms with E-state index in [0.717, 1.165) is 22.8 Å². The highest BCUT2D eigenvalue weighted by Crippen LogP contribution is 2.22. The largest absolute Gasteiger partial charge is 0.389 e. The maximum absolute atomic E-state index is 10.8. The summed E-state index contributed by atoms with van der Waals surface area (Å²) in [6, 6.07) is 3.61. The summed E-state index contributed by atoms with van der Waals surface area (Å²) in [6.07, 6.45) is 1.25. The molecule has 96 valence electrons. The van der Waals surface area contributed by atoms with Crippen LogP contribution < -0.4 is 0 Å². The summed E-state index contributed by atoms with van der Waals surface area (Å²) in [7, 11) is 0. The van der Waals surface area contributed by atoms with Crippen molar-refractivity contribution in [2.24, 2.45) is 0 Å². The first-order chi connectivity index (χ1) is 8.58. The minimum Gasteiger partial charge on any atom is -0.389 e. The Morgan fingerprint density at radius 2 is 2.33 bits per heavy atom. The molecule has 6 heteroatoms. The van der Waals surface area contributed by atoms with Gasteiger partial charge < -0.3 is 15.2 Å². The molecular formula is C12H14N2O3S. The fourth-order valence-corrected chi connectivity index (χ4v) is 2.22. The summed E-state index contributed by atoms with van der Waals surface area (Å²) in [5, 5.41) is 20.5. The number of carbonyl (C=O) groups excluding carboxylic acids is 1. The number of thioether (sulfide) groups is 1. The highest BCUT2D eigenvalue weighted by atomic mass is 32.2. The van der Waals surface area contributed by atoms with Gasteiger partial charge in [-0.25, -0.2) is 4.98 Å². The highest BCUT2D eigenvalue weighted by Gasteiger charge is 2.19. The van der Waals surface area contributed by atoms with Crippen LogP contribution in [0.3, 0.4) is 0 Å². The van der Waals surface area contributed by atoms with E-state index in [4.69, 9.17) is 0 Å². The molecule has 2 heterocycles. The molecule has 0 aromatic carbocycles. The summed E-state index contributed by atoms with van der Waals surface area (Å²) >= 11 is 0.992. The molecule has 5 nitrogen and oxygen atoms in total. The molecule has 0 amide bonds. The SMILES string of the molecule is CC(=O)SCC(O)C(O)c1cnc2[nH]ccc2c1. The van der Waals surface area contributed by atoms with Crippen LogP contribution in [0.5, 0.6) is 0 Å². The molecule has 0 bridgehead atoms. The van der Waals surface area contributed by atoms with Crippen molar-refractivity contribution >= 4 is 27.9 Å². The first-order valence-electron chi connectivity index (χ1n) is 5.50. The zero-order valence-electron chi connectivity index (χ0n) is 9.83. The number of aromatic nitrogens is 2. The van der Waals surface area contributed by atoms with Gasteiger partial charge in [0.15, 0.2) is 5.12 Å². The molecule has 2 aromatic heterocycles. The van der Waals surface area contributed by atoms with Gasteiger partial charge in [0, 0.05) is 36.0 Å². The second-order valence-electron chi connectivity index (χ2n) is 4.00. The lowest BCUT2D eigenvalue weighted by Crippen LogP contribution is -2.21. The summed E-state index contributed by atoms with van der Waals surface area (Å²) in [5.74, 6) is 0.168. The number of aromatic amines is 1. The zero-order valence-corrected chi connectivity index (χ0v) is 10.6. The predicted molar refractivity (Wildman–Crippen MR) is 70.2 cm³/mol. The molecule has 0 spiro atoms. The Balaban J connectivity index is 2.11. The smallest absolute Gasteiger partial charge is 0.185 e. The van der Waals surface area contributed by atoms with E-state index in [-0.39, 0.29) is 10.9 Å². The average molecular weight is 266 g/mol.